The summed E-state index contributed by atoms with van der Waals surface area (Å²) in [6.07, 6.45) is -3.52. The van der Waals surface area contributed by atoms with E-state index in [0.717, 1.165) is 30.0 Å². The Morgan fingerprint density at radius 2 is 1.88 bits per heavy atom. The zero-order valence-corrected chi connectivity index (χ0v) is 22.3. The lowest BCUT2D eigenvalue weighted by Crippen LogP contribution is -2.31. The maximum absolute atomic E-state index is 15.0. The molecule has 1 aromatic heterocycles. The molecule has 2 aliphatic rings. The molecule has 43 heavy (non-hydrogen) atoms. The molecule has 0 saturated carbocycles. The number of aliphatic imine (C=N–C) groups is 1. The third-order valence-electron chi connectivity index (χ3n) is 6.22. The van der Waals surface area contributed by atoms with Crippen molar-refractivity contribution in [1.29, 1.82) is 0 Å². The number of aromatic nitrogens is 3. The molecule has 0 radical (unpaired) electrons. The maximum Gasteiger partial charge on any atom is 0.573 e. The van der Waals surface area contributed by atoms with Crippen LogP contribution in [0.4, 0.5) is 33.7 Å². The number of carbonyl (C=O) groups excluding carboxylic acids is 3. The van der Waals surface area contributed by atoms with Gasteiger partial charge in [0.2, 0.25) is 5.91 Å². The van der Waals surface area contributed by atoms with Gasteiger partial charge in [0.05, 0.1) is 28.4 Å². The Labute approximate surface area is 243 Å². The fraction of sp³-hybridized carbons (Fsp3) is 0.111. The molecule has 3 heterocycles. The van der Waals surface area contributed by atoms with Gasteiger partial charge < -0.3 is 14.8 Å². The summed E-state index contributed by atoms with van der Waals surface area (Å²) in [4.78, 5) is 46.6. The highest BCUT2D eigenvalue weighted by atomic mass is 32.2. The zero-order chi connectivity index (χ0) is 30.3. The average molecular weight is 613 g/mol. The number of urea groups is 1. The van der Waals surface area contributed by atoms with Crippen LogP contribution in [0.5, 0.6) is 5.75 Å². The molecule has 3 amide bonds. The molecule has 2 aliphatic heterocycles. The molecule has 0 bridgehead atoms. The third kappa shape index (κ3) is 5.76. The number of hydrogen-bond donors (Lipinski definition) is 1. The van der Waals surface area contributed by atoms with Gasteiger partial charge in [-0.1, -0.05) is 17.8 Å². The van der Waals surface area contributed by atoms with Crippen LogP contribution in [0.25, 0.3) is 17.1 Å². The summed E-state index contributed by atoms with van der Waals surface area (Å²) in [7, 11) is 0. The van der Waals surface area contributed by atoms with Crippen LogP contribution in [0.3, 0.4) is 0 Å². The SMILES string of the molecule is O=C(/N=C1\SCC(=O)N1c1cccc2c1COC2=O)Nc1ccc(-c2ncn(-c3ccc(OC(F)(F)F)cc3)n2)cc1F. The van der Waals surface area contributed by atoms with E-state index in [1.165, 1.54) is 40.2 Å². The van der Waals surface area contributed by atoms with Gasteiger partial charge in [0.25, 0.3) is 0 Å². The summed E-state index contributed by atoms with van der Waals surface area (Å²) in [6, 6.07) is 12.6. The Balaban J connectivity index is 1.16. The molecule has 6 rings (SSSR count). The number of esters is 1. The minimum atomic E-state index is -4.82. The largest absolute Gasteiger partial charge is 0.573 e. The van der Waals surface area contributed by atoms with E-state index in [2.05, 4.69) is 25.1 Å². The number of rotatable bonds is 5. The number of fused-ring (bicyclic) bond motifs is 1. The summed E-state index contributed by atoms with van der Waals surface area (Å²) in [5.41, 5.74) is 1.64. The van der Waals surface area contributed by atoms with E-state index >= 15 is 0 Å². The second-order valence-electron chi connectivity index (χ2n) is 8.97. The van der Waals surface area contributed by atoms with Crippen molar-refractivity contribution in [1.82, 2.24) is 14.8 Å². The molecular formula is C27H16F4N6O5S. The van der Waals surface area contributed by atoms with Crippen molar-refractivity contribution in [3.05, 3.63) is 83.9 Å². The number of ether oxygens (including phenoxy) is 2. The molecule has 0 unspecified atom stereocenters. The van der Waals surface area contributed by atoms with Crippen molar-refractivity contribution in [3.8, 4) is 22.8 Å². The third-order valence-corrected chi connectivity index (χ3v) is 7.14. The standard InChI is InChI=1S/C27H16F4N6O5S/c28-19-10-14(23-32-13-36(35-23)15-5-7-16(8-6-15)42-27(29,30)31)4-9-20(19)33-25(40)34-26-37(22(38)12-43-26)21-3-1-2-17-18(21)11-41-24(17)39/h1-10,13H,11-12H2,(H,33,40)/b34-26-. The lowest BCUT2D eigenvalue weighted by Gasteiger charge is -2.18. The second-order valence-corrected chi connectivity index (χ2v) is 9.91. The topological polar surface area (TPSA) is 128 Å². The molecule has 4 aromatic rings. The lowest BCUT2D eigenvalue weighted by molar-refractivity contribution is -0.274. The van der Waals surface area contributed by atoms with Gasteiger partial charge in [0.15, 0.2) is 11.0 Å². The Hall–Kier alpha value is -5.25. The van der Waals surface area contributed by atoms with Gasteiger partial charge in [0.1, 0.15) is 24.5 Å². The van der Waals surface area contributed by atoms with E-state index in [-0.39, 0.29) is 40.5 Å². The Morgan fingerprint density at radius 3 is 2.63 bits per heavy atom. The number of cyclic esters (lactones) is 1. The number of carbonyl (C=O) groups is 3. The van der Waals surface area contributed by atoms with Crippen LogP contribution in [-0.2, 0) is 16.1 Å². The van der Waals surface area contributed by atoms with Gasteiger partial charge in [0, 0.05) is 11.1 Å². The van der Waals surface area contributed by atoms with Crippen LogP contribution >= 0.6 is 11.8 Å². The number of benzene rings is 3. The van der Waals surface area contributed by atoms with Crippen molar-refractivity contribution < 1.29 is 41.4 Å². The Bertz CT molecular complexity index is 1810. The number of halogens is 4. The van der Waals surface area contributed by atoms with Gasteiger partial charge in [-0.25, -0.2) is 23.6 Å². The summed E-state index contributed by atoms with van der Waals surface area (Å²) < 4.78 is 62.3. The quantitative estimate of drug-likeness (QED) is 0.237. The molecule has 0 aliphatic carbocycles. The number of anilines is 2. The van der Waals surface area contributed by atoms with Crippen LogP contribution in [-0.4, -0.2) is 50.0 Å². The fourth-order valence-electron chi connectivity index (χ4n) is 4.33. The molecule has 0 spiro atoms. The summed E-state index contributed by atoms with van der Waals surface area (Å²) in [5, 5.41) is 6.63. The smallest absolute Gasteiger partial charge is 0.457 e. The van der Waals surface area contributed by atoms with Crippen molar-refractivity contribution in [2.24, 2.45) is 4.99 Å². The first kappa shape index (κ1) is 27.9. The predicted octanol–water partition coefficient (Wildman–Crippen LogP) is 5.31. The molecule has 11 nitrogen and oxygen atoms in total. The number of nitrogens with zero attached hydrogens (tertiary/aromatic N) is 5. The minimum Gasteiger partial charge on any atom is -0.457 e. The van der Waals surface area contributed by atoms with E-state index in [1.54, 1.807) is 18.2 Å². The molecular weight excluding hydrogens is 596 g/mol. The summed E-state index contributed by atoms with van der Waals surface area (Å²) in [5.74, 6) is -1.96. The van der Waals surface area contributed by atoms with E-state index in [9.17, 15) is 31.9 Å². The normalized spacial score (nSPS) is 15.5. The number of thioether (sulfide) groups is 1. The molecule has 0 atom stereocenters. The van der Waals surface area contributed by atoms with Crippen LogP contribution in [0.1, 0.15) is 15.9 Å². The van der Waals surface area contributed by atoms with E-state index < -0.39 is 29.9 Å². The number of nitrogens with one attached hydrogen (secondary N) is 1. The van der Waals surface area contributed by atoms with Crippen LogP contribution in [0.15, 0.2) is 72.0 Å². The van der Waals surface area contributed by atoms with E-state index in [0.29, 0.717) is 22.5 Å². The monoisotopic (exact) mass is 612 g/mol. The van der Waals surface area contributed by atoms with Crippen molar-refractivity contribution >= 4 is 46.2 Å². The minimum absolute atomic E-state index is 0.0127. The van der Waals surface area contributed by atoms with Crippen molar-refractivity contribution in [3.63, 3.8) is 0 Å². The first-order valence-electron chi connectivity index (χ1n) is 12.3. The first-order chi connectivity index (χ1) is 20.6. The second kappa shape index (κ2) is 10.9. The highest BCUT2D eigenvalue weighted by Gasteiger charge is 2.35. The molecule has 3 aromatic carbocycles. The summed E-state index contributed by atoms with van der Waals surface area (Å²) in [6.45, 7) is -0.0217. The van der Waals surface area contributed by atoms with Gasteiger partial charge in [-0.05, 0) is 54.6 Å². The van der Waals surface area contributed by atoms with Crippen LogP contribution in [0, 0.1) is 5.82 Å². The highest BCUT2D eigenvalue weighted by Crippen LogP contribution is 2.35. The molecule has 16 heteroatoms. The predicted molar refractivity (Wildman–Crippen MR) is 145 cm³/mol. The van der Waals surface area contributed by atoms with Crippen LogP contribution in [0.2, 0.25) is 0 Å². The van der Waals surface area contributed by atoms with Crippen LogP contribution < -0.4 is 15.0 Å². The van der Waals surface area contributed by atoms with Gasteiger partial charge in [-0.3, -0.25) is 9.69 Å². The highest BCUT2D eigenvalue weighted by molar-refractivity contribution is 8.15. The van der Waals surface area contributed by atoms with Gasteiger partial charge in [-0.2, -0.15) is 4.99 Å². The Kier molecular flexibility index (Phi) is 7.05. The first-order valence-corrected chi connectivity index (χ1v) is 13.3. The lowest BCUT2D eigenvalue weighted by atomic mass is 10.1. The molecule has 1 N–H and O–H groups in total. The van der Waals surface area contributed by atoms with Crippen molar-refractivity contribution in [2.75, 3.05) is 16.0 Å². The maximum atomic E-state index is 15.0. The number of amidine groups is 1. The molecule has 1 saturated heterocycles. The van der Waals surface area contributed by atoms with Crippen molar-refractivity contribution in [2.45, 2.75) is 13.0 Å². The van der Waals surface area contributed by atoms with Gasteiger partial charge >= 0.3 is 18.4 Å². The average Bonchev–Trinajstić information content (AvgIpc) is 3.69. The Morgan fingerprint density at radius 1 is 1.09 bits per heavy atom. The fourth-order valence-corrected chi connectivity index (χ4v) is 5.19. The van der Waals surface area contributed by atoms with E-state index in [1.807, 2.05) is 0 Å². The molecule has 218 valence electrons. The van der Waals surface area contributed by atoms with Gasteiger partial charge in [-0.15, -0.1) is 18.3 Å². The number of alkyl halides is 3. The number of amides is 3. The number of hydrogen-bond acceptors (Lipinski definition) is 8. The van der Waals surface area contributed by atoms with E-state index in [4.69, 9.17) is 4.74 Å². The summed E-state index contributed by atoms with van der Waals surface area (Å²) >= 11 is 1.02. The molecule has 1 fully saturated rings. The zero-order valence-electron chi connectivity index (χ0n) is 21.5.